The smallest absolute Gasteiger partial charge is 0.185 e. The third-order valence-electron chi connectivity index (χ3n) is 1.83. The van der Waals surface area contributed by atoms with Gasteiger partial charge in [0.25, 0.3) is 0 Å². The summed E-state index contributed by atoms with van der Waals surface area (Å²) in [6, 6.07) is 2.12. The van der Waals surface area contributed by atoms with Crippen molar-refractivity contribution in [3.63, 3.8) is 0 Å². The summed E-state index contributed by atoms with van der Waals surface area (Å²) in [6.07, 6.45) is 2.26. The van der Waals surface area contributed by atoms with Crippen LogP contribution in [0.1, 0.15) is 18.7 Å². The van der Waals surface area contributed by atoms with Crippen LogP contribution in [0.2, 0.25) is 0 Å². The Morgan fingerprint density at radius 2 is 2.23 bits per heavy atom. The van der Waals surface area contributed by atoms with Gasteiger partial charge in [0, 0.05) is 24.2 Å². The van der Waals surface area contributed by atoms with Gasteiger partial charge in [-0.2, -0.15) is 5.26 Å². The monoisotopic (exact) mass is 195 g/mol. The molecular formula is C9H13N3S. The van der Waals surface area contributed by atoms with E-state index in [1.807, 2.05) is 0 Å². The fourth-order valence-electron chi connectivity index (χ4n) is 1.10. The van der Waals surface area contributed by atoms with Crippen LogP contribution in [0.5, 0.6) is 0 Å². The molecule has 0 unspecified atom stereocenters. The Bertz CT molecular complexity index is 296. The summed E-state index contributed by atoms with van der Waals surface area (Å²) in [6.45, 7) is 6.15. The van der Waals surface area contributed by atoms with Crippen LogP contribution in [0.4, 0.5) is 5.13 Å². The Morgan fingerprint density at radius 1 is 1.54 bits per heavy atom. The first-order valence-corrected chi connectivity index (χ1v) is 5.20. The molecule has 1 rings (SSSR count). The van der Waals surface area contributed by atoms with Crippen LogP contribution in [-0.2, 0) is 6.42 Å². The molecule has 0 fully saturated rings. The average molecular weight is 195 g/mol. The number of nitrogens with zero attached hydrogens (tertiary/aromatic N) is 3. The van der Waals surface area contributed by atoms with Gasteiger partial charge in [0.15, 0.2) is 5.13 Å². The van der Waals surface area contributed by atoms with E-state index >= 15 is 0 Å². The molecule has 0 amide bonds. The first-order chi connectivity index (χ1) is 6.31. The lowest BCUT2D eigenvalue weighted by molar-refractivity contribution is 0.860. The molecule has 0 aliphatic carbocycles. The van der Waals surface area contributed by atoms with Gasteiger partial charge < -0.3 is 4.90 Å². The van der Waals surface area contributed by atoms with Crippen molar-refractivity contribution >= 4 is 16.5 Å². The Morgan fingerprint density at radius 3 is 2.77 bits per heavy atom. The summed E-state index contributed by atoms with van der Waals surface area (Å²) in [5.41, 5.74) is 0. The van der Waals surface area contributed by atoms with Gasteiger partial charge in [-0.3, -0.25) is 0 Å². The molecule has 0 spiro atoms. The van der Waals surface area contributed by atoms with E-state index in [-0.39, 0.29) is 0 Å². The summed E-state index contributed by atoms with van der Waals surface area (Å²) >= 11 is 1.61. The van der Waals surface area contributed by atoms with E-state index in [9.17, 15) is 0 Å². The third kappa shape index (κ3) is 2.43. The third-order valence-corrected chi connectivity index (χ3v) is 2.89. The molecule has 0 saturated carbocycles. The molecule has 3 nitrogen and oxygen atoms in total. The van der Waals surface area contributed by atoms with Crippen molar-refractivity contribution in [2.45, 2.75) is 20.3 Å². The highest BCUT2D eigenvalue weighted by molar-refractivity contribution is 7.15. The Kier molecular flexibility index (Phi) is 3.71. The lowest BCUT2D eigenvalue weighted by Crippen LogP contribution is -2.21. The van der Waals surface area contributed by atoms with Crippen molar-refractivity contribution in [1.82, 2.24) is 4.98 Å². The van der Waals surface area contributed by atoms with Gasteiger partial charge in [0.1, 0.15) is 0 Å². The summed E-state index contributed by atoms with van der Waals surface area (Å²) in [7, 11) is 0. The van der Waals surface area contributed by atoms with Crippen molar-refractivity contribution in [3.05, 3.63) is 11.1 Å². The summed E-state index contributed by atoms with van der Waals surface area (Å²) in [5, 5.41) is 9.52. The standard InChI is InChI=1S/C9H13N3S/c1-3-12(4-2)9-11-7-8(13-9)5-6-10/h7H,3-5H2,1-2H3. The Balaban J connectivity index is 2.73. The van der Waals surface area contributed by atoms with Gasteiger partial charge in [-0.15, -0.1) is 11.3 Å². The molecule has 0 saturated heterocycles. The van der Waals surface area contributed by atoms with Gasteiger partial charge >= 0.3 is 0 Å². The van der Waals surface area contributed by atoms with E-state index in [0.29, 0.717) is 6.42 Å². The zero-order chi connectivity index (χ0) is 9.68. The molecule has 70 valence electrons. The van der Waals surface area contributed by atoms with Crippen molar-refractivity contribution in [2.24, 2.45) is 0 Å². The maximum atomic E-state index is 8.50. The molecule has 0 bridgehead atoms. The van der Waals surface area contributed by atoms with Gasteiger partial charge in [0.05, 0.1) is 12.5 Å². The zero-order valence-corrected chi connectivity index (χ0v) is 8.77. The predicted octanol–water partition coefficient (Wildman–Crippen LogP) is 2.06. The molecule has 0 radical (unpaired) electrons. The summed E-state index contributed by atoms with van der Waals surface area (Å²) in [5.74, 6) is 0. The normalized spacial score (nSPS) is 9.62. The van der Waals surface area contributed by atoms with E-state index in [4.69, 9.17) is 5.26 Å². The largest absolute Gasteiger partial charge is 0.349 e. The Hall–Kier alpha value is -1.08. The van der Waals surface area contributed by atoms with Gasteiger partial charge in [-0.25, -0.2) is 4.98 Å². The molecular weight excluding hydrogens is 182 g/mol. The average Bonchev–Trinajstić information content (AvgIpc) is 2.56. The Labute approximate surface area is 82.6 Å². The number of hydrogen-bond donors (Lipinski definition) is 0. The molecule has 13 heavy (non-hydrogen) atoms. The van der Waals surface area contributed by atoms with E-state index in [0.717, 1.165) is 23.1 Å². The summed E-state index contributed by atoms with van der Waals surface area (Å²) in [4.78, 5) is 7.50. The van der Waals surface area contributed by atoms with E-state index in [1.165, 1.54) is 0 Å². The molecule has 0 aliphatic heterocycles. The number of anilines is 1. The molecule has 0 aliphatic rings. The van der Waals surface area contributed by atoms with Gasteiger partial charge in [0.2, 0.25) is 0 Å². The van der Waals surface area contributed by atoms with Crippen LogP contribution in [0.15, 0.2) is 6.20 Å². The molecule has 0 atom stereocenters. The van der Waals surface area contributed by atoms with Crippen molar-refractivity contribution in [3.8, 4) is 6.07 Å². The van der Waals surface area contributed by atoms with Crippen molar-refractivity contribution in [2.75, 3.05) is 18.0 Å². The van der Waals surface area contributed by atoms with Crippen molar-refractivity contribution < 1.29 is 0 Å². The number of hydrogen-bond acceptors (Lipinski definition) is 4. The minimum Gasteiger partial charge on any atom is -0.349 e. The lowest BCUT2D eigenvalue weighted by atomic mass is 10.4. The van der Waals surface area contributed by atoms with Crippen LogP contribution in [0.3, 0.4) is 0 Å². The van der Waals surface area contributed by atoms with Gasteiger partial charge in [-0.1, -0.05) is 0 Å². The molecule has 1 aromatic rings. The van der Waals surface area contributed by atoms with Crippen LogP contribution in [0, 0.1) is 11.3 Å². The zero-order valence-electron chi connectivity index (χ0n) is 7.95. The fourth-order valence-corrected chi connectivity index (χ4v) is 2.07. The van der Waals surface area contributed by atoms with Crippen molar-refractivity contribution in [1.29, 1.82) is 5.26 Å². The molecule has 1 heterocycles. The van der Waals surface area contributed by atoms with Crippen LogP contribution < -0.4 is 4.90 Å². The van der Waals surface area contributed by atoms with E-state index < -0.39 is 0 Å². The van der Waals surface area contributed by atoms with Crippen LogP contribution in [0.25, 0.3) is 0 Å². The predicted molar refractivity (Wildman–Crippen MR) is 55.0 cm³/mol. The number of thiazole rings is 1. The first-order valence-electron chi connectivity index (χ1n) is 4.38. The lowest BCUT2D eigenvalue weighted by Gasteiger charge is -2.16. The van der Waals surface area contributed by atoms with E-state index in [2.05, 4.69) is 29.8 Å². The second-order valence-corrected chi connectivity index (χ2v) is 3.71. The maximum absolute atomic E-state index is 8.50. The van der Waals surface area contributed by atoms with Crippen LogP contribution in [-0.4, -0.2) is 18.1 Å². The highest BCUT2D eigenvalue weighted by atomic mass is 32.1. The second-order valence-electron chi connectivity index (χ2n) is 2.62. The molecule has 1 aromatic heterocycles. The second kappa shape index (κ2) is 4.83. The summed E-state index contributed by atoms with van der Waals surface area (Å²) < 4.78 is 0. The van der Waals surface area contributed by atoms with Crippen LogP contribution >= 0.6 is 11.3 Å². The number of nitriles is 1. The topological polar surface area (TPSA) is 39.9 Å². The SMILES string of the molecule is CCN(CC)c1ncc(CC#N)s1. The minimum atomic E-state index is 0.471. The number of rotatable bonds is 4. The fraction of sp³-hybridized carbons (Fsp3) is 0.556. The highest BCUT2D eigenvalue weighted by Crippen LogP contribution is 2.22. The molecule has 0 aromatic carbocycles. The maximum Gasteiger partial charge on any atom is 0.185 e. The highest BCUT2D eigenvalue weighted by Gasteiger charge is 2.06. The molecule has 0 N–H and O–H groups in total. The number of aromatic nitrogens is 1. The van der Waals surface area contributed by atoms with E-state index in [1.54, 1.807) is 17.5 Å². The first kappa shape index (κ1) is 10.0. The molecule has 4 heteroatoms. The van der Waals surface area contributed by atoms with Gasteiger partial charge in [-0.05, 0) is 13.8 Å². The quantitative estimate of drug-likeness (QED) is 0.738. The minimum absolute atomic E-state index is 0.471.